The zero-order valence-electron chi connectivity index (χ0n) is 12.7. The van der Waals surface area contributed by atoms with Gasteiger partial charge in [0.05, 0.1) is 6.61 Å². The van der Waals surface area contributed by atoms with E-state index in [2.05, 4.69) is 0 Å². The number of hydrogen-bond acceptors (Lipinski definition) is 3. The van der Waals surface area contributed by atoms with E-state index in [0.717, 1.165) is 19.3 Å². The SMILES string of the molecule is CCC(CC)N(CCOC)C(=O)N1CCCC1C(=O)O. The van der Waals surface area contributed by atoms with Crippen LogP contribution in [0.15, 0.2) is 0 Å². The number of ether oxygens (including phenoxy) is 1. The Bertz CT molecular complexity index is 331. The van der Waals surface area contributed by atoms with Crippen molar-refractivity contribution >= 4 is 12.0 Å². The lowest BCUT2D eigenvalue weighted by molar-refractivity contribution is -0.141. The van der Waals surface area contributed by atoms with E-state index in [-0.39, 0.29) is 12.1 Å². The Hall–Kier alpha value is -1.30. The van der Waals surface area contributed by atoms with Gasteiger partial charge >= 0.3 is 12.0 Å². The second-order valence-electron chi connectivity index (χ2n) is 5.13. The number of rotatable bonds is 7. The van der Waals surface area contributed by atoms with Crippen molar-refractivity contribution in [1.29, 1.82) is 0 Å². The number of amides is 2. The van der Waals surface area contributed by atoms with Gasteiger partial charge in [-0.15, -0.1) is 0 Å². The number of aliphatic carboxylic acids is 1. The number of hydrogen-bond donors (Lipinski definition) is 1. The van der Waals surface area contributed by atoms with Crippen LogP contribution in [0.1, 0.15) is 39.5 Å². The lowest BCUT2D eigenvalue weighted by Crippen LogP contribution is -2.52. The van der Waals surface area contributed by atoms with Crippen LogP contribution in [0.2, 0.25) is 0 Å². The van der Waals surface area contributed by atoms with Crippen molar-refractivity contribution in [3.63, 3.8) is 0 Å². The molecule has 1 unspecified atom stereocenters. The third kappa shape index (κ3) is 3.85. The molecule has 1 atom stereocenters. The number of carbonyl (C=O) groups excluding carboxylic acids is 1. The summed E-state index contributed by atoms with van der Waals surface area (Å²) in [5.74, 6) is -0.910. The Kier molecular flexibility index (Phi) is 6.78. The molecule has 20 heavy (non-hydrogen) atoms. The molecule has 0 aromatic rings. The van der Waals surface area contributed by atoms with Crippen LogP contribution in [0.3, 0.4) is 0 Å². The Balaban J connectivity index is 2.83. The number of nitrogens with zero attached hydrogens (tertiary/aromatic N) is 2. The van der Waals surface area contributed by atoms with E-state index in [4.69, 9.17) is 4.74 Å². The van der Waals surface area contributed by atoms with Crippen LogP contribution in [-0.4, -0.2) is 65.8 Å². The summed E-state index contributed by atoms with van der Waals surface area (Å²) in [6, 6.07) is -0.713. The Morgan fingerprint density at radius 1 is 1.40 bits per heavy atom. The molecule has 0 saturated carbocycles. The second-order valence-corrected chi connectivity index (χ2v) is 5.13. The fourth-order valence-corrected chi connectivity index (χ4v) is 2.77. The molecule has 1 saturated heterocycles. The summed E-state index contributed by atoms with van der Waals surface area (Å²) in [5.41, 5.74) is 0. The summed E-state index contributed by atoms with van der Waals surface area (Å²) in [7, 11) is 1.60. The van der Waals surface area contributed by atoms with Crippen LogP contribution in [0.5, 0.6) is 0 Å². The molecule has 6 nitrogen and oxygen atoms in total. The predicted octanol–water partition coefficient (Wildman–Crippen LogP) is 1.79. The van der Waals surface area contributed by atoms with E-state index < -0.39 is 12.0 Å². The van der Waals surface area contributed by atoms with Crippen LogP contribution >= 0.6 is 0 Å². The predicted molar refractivity (Wildman–Crippen MR) is 75.7 cm³/mol. The van der Waals surface area contributed by atoms with Gasteiger partial charge in [0, 0.05) is 26.2 Å². The van der Waals surface area contributed by atoms with Crippen LogP contribution in [0.4, 0.5) is 4.79 Å². The zero-order chi connectivity index (χ0) is 15.1. The highest BCUT2D eigenvalue weighted by atomic mass is 16.5. The van der Waals surface area contributed by atoms with Gasteiger partial charge in [-0.3, -0.25) is 0 Å². The molecule has 6 heteroatoms. The molecule has 0 aromatic carbocycles. The Morgan fingerprint density at radius 3 is 2.55 bits per heavy atom. The summed E-state index contributed by atoms with van der Waals surface area (Å²) >= 11 is 0. The summed E-state index contributed by atoms with van der Waals surface area (Å²) in [4.78, 5) is 27.1. The van der Waals surface area contributed by atoms with Gasteiger partial charge in [0.15, 0.2) is 0 Å². The molecule has 1 aliphatic heterocycles. The highest BCUT2D eigenvalue weighted by molar-refractivity contribution is 5.83. The molecular weight excluding hydrogens is 260 g/mol. The number of likely N-dealkylation sites (tertiary alicyclic amines) is 1. The maximum atomic E-state index is 12.7. The van der Waals surface area contributed by atoms with E-state index in [1.54, 1.807) is 12.0 Å². The minimum atomic E-state index is -0.910. The summed E-state index contributed by atoms with van der Waals surface area (Å²) in [6.45, 7) is 5.58. The van der Waals surface area contributed by atoms with Crippen molar-refractivity contribution in [2.45, 2.75) is 51.6 Å². The van der Waals surface area contributed by atoms with Crippen molar-refractivity contribution in [1.82, 2.24) is 9.80 Å². The van der Waals surface area contributed by atoms with Crippen LogP contribution in [0, 0.1) is 0 Å². The minimum absolute atomic E-state index is 0.132. The maximum absolute atomic E-state index is 12.7. The van der Waals surface area contributed by atoms with Gasteiger partial charge in [-0.05, 0) is 25.7 Å². The van der Waals surface area contributed by atoms with Crippen LogP contribution in [-0.2, 0) is 9.53 Å². The highest BCUT2D eigenvalue weighted by Gasteiger charge is 2.37. The van der Waals surface area contributed by atoms with Crippen molar-refractivity contribution in [3.05, 3.63) is 0 Å². The molecule has 1 heterocycles. The van der Waals surface area contributed by atoms with Gasteiger partial charge in [-0.25, -0.2) is 9.59 Å². The first kappa shape index (κ1) is 16.8. The lowest BCUT2D eigenvalue weighted by atomic mass is 10.1. The minimum Gasteiger partial charge on any atom is -0.480 e. The number of urea groups is 1. The van der Waals surface area contributed by atoms with E-state index in [0.29, 0.717) is 26.1 Å². The summed E-state index contributed by atoms with van der Waals surface area (Å²) in [6.07, 6.45) is 3.01. The largest absolute Gasteiger partial charge is 0.480 e. The van der Waals surface area contributed by atoms with E-state index in [1.165, 1.54) is 4.90 Å². The molecule has 0 bridgehead atoms. The number of methoxy groups -OCH3 is 1. The summed E-state index contributed by atoms with van der Waals surface area (Å²) in [5, 5.41) is 9.21. The van der Waals surface area contributed by atoms with Gasteiger partial charge in [-0.2, -0.15) is 0 Å². The van der Waals surface area contributed by atoms with Gasteiger partial charge in [0.2, 0.25) is 0 Å². The van der Waals surface area contributed by atoms with Crippen LogP contribution in [0.25, 0.3) is 0 Å². The number of carboxylic acid groups (broad SMARTS) is 1. The average Bonchev–Trinajstić information content (AvgIpc) is 2.92. The molecule has 116 valence electrons. The van der Waals surface area contributed by atoms with Gasteiger partial charge in [-0.1, -0.05) is 13.8 Å². The Morgan fingerprint density at radius 2 is 2.05 bits per heavy atom. The zero-order valence-corrected chi connectivity index (χ0v) is 12.7. The quantitative estimate of drug-likeness (QED) is 0.774. The maximum Gasteiger partial charge on any atom is 0.326 e. The third-order valence-electron chi connectivity index (χ3n) is 3.95. The van der Waals surface area contributed by atoms with Crippen molar-refractivity contribution in [3.8, 4) is 0 Å². The lowest BCUT2D eigenvalue weighted by Gasteiger charge is -2.35. The third-order valence-corrected chi connectivity index (χ3v) is 3.95. The van der Waals surface area contributed by atoms with Gasteiger partial charge < -0.3 is 19.6 Å². The molecule has 1 aliphatic rings. The molecule has 0 radical (unpaired) electrons. The van der Waals surface area contributed by atoms with Gasteiger partial charge in [0.25, 0.3) is 0 Å². The first-order valence-electron chi connectivity index (χ1n) is 7.35. The fraction of sp³-hybridized carbons (Fsp3) is 0.857. The second kappa shape index (κ2) is 8.09. The molecule has 1 N–H and O–H groups in total. The van der Waals surface area contributed by atoms with Crippen molar-refractivity contribution < 1.29 is 19.4 Å². The van der Waals surface area contributed by atoms with Crippen LogP contribution < -0.4 is 0 Å². The molecular formula is C14H26N2O4. The molecule has 2 amide bonds. The van der Waals surface area contributed by atoms with Crippen molar-refractivity contribution in [2.24, 2.45) is 0 Å². The number of carbonyl (C=O) groups is 2. The average molecular weight is 286 g/mol. The first-order chi connectivity index (χ1) is 9.56. The fourth-order valence-electron chi connectivity index (χ4n) is 2.77. The topological polar surface area (TPSA) is 70.1 Å². The van der Waals surface area contributed by atoms with E-state index >= 15 is 0 Å². The molecule has 0 aromatic heterocycles. The van der Waals surface area contributed by atoms with Crippen molar-refractivity contribution in [2.75, 3.05) is 26.8 Å². The first-order valence-corrected chi connectivity index (χ1v) is 7.35. The summed E-state index contributed by atoms with van der Waals surface area (Å²) < 4.78 is 5.07. The number of carboxylic acids is 1. The molecule has 1 rings (SSSR count). The molecule has 0 spiro atoms. The smallest absolute Gasteiger partial charge is 0.326 e. The monoisotopic (exact) mass is 286 g/mol. The molecule has 0 aliphatic carbocycles. The highest BCUT2D eigenvalue weighted by Crippen LogP contribution is 2.21. The van der Waals surface area contributed by atoms with Gasteiger partial charge in [0.1, 0.15) is 6.04 Å². The molecule has 1 fully saturated rings. The Labute approximate surface area is 120 Å². The standard InChI is InChI=1S/C14H26N2O4/c1-4-11(5-2)15(9-10-20-3)14(19)16-8-6-7-12(16)13(17)18/h11-12H,4-10H2,1-3H3,(H,17,18). The van der Waals surface area contributed by atoms with E-state index in [1.807, 2.05) is 13.8 Å². The normalized spacial score (nSPS) is 18.6. The van der Waals surface area contributed by atoms with E-state index in [9.17, 15) is 14.7 Å².